The van der Waals surface area contributed by atoms with Gasteiger partial charge in [0.05, 0.1) is 35.0 Å². The molecule has 0 radical (unpaired) electrons. The molecule has 0 unspecified atom stereocenters. The molecule has 0 spiro atoms. The number of hydrogen-bond acceptors (Lipinski definition) is 7. The third kappa shape index (κ3) is 4.13. The van der Waals surface area contributed by atoms with E-state index in [1.807, 2.05) is 17.9 Å². The Bertz CT molecular complexity index is 1140. The van der Waals surface area contributed by atoms with Gasteiger partial charge in [0.15, 0.2) is 5.13 Å². The van der Waals surface area contributed by atoms with Gasteiger partial charge in [-0.2, -0.15) is 0 Å². The van der Waals surface area contributed by atoms with Crippen molar-refractivity contribution >= 4 is 34.2 Å². The maximum Gasteiger partial charge on any atom is 0.273 e. The van der Waals surface area contributed by atoms with Gasteiger partial charge in [-0.1, -0.05) is 11.3 Å². The molecule has 9 nitrogen and oxygen atoms in total. The SMILES string of the molecule is CC(=O)Nc1nc(C)c(-c2cc3c(c(C(=O)N4CCOCC4)n2)C(=O)N([C@@H](C)C2CC2)C3)s1. The zero-order chi connectivity index (χ0) is 23.3. The zero-order valence-electron chi connectivity index (χ0n) is 19.0. The number of aromatic nitrogens is 2. The van der Waals surface area contributed by atoms with E-state index in [4.69, 9.17) is 9.72 Å². The van der Waals surface area contributed by atoms with Crippen LogP contribution in [0.5, 0.6) is 0 Å². The summed E-state index contributed by atoms with van der Waals surface area (Å²) in [5, 5.41) is 3.20. The van der Waals surface area contributed by atoms with Gasteiger partial charge in [-0.25, -0.2) is 9.97 Å². The van der Waals surface area contributed by atoms with Crippen LogP contribution in [-0.4, -0.2) is 69.8 Å². The molecule has 1 saturated heterocycles. The number of anilines is 1. The molecule has 3 aliphatic rings. The van der Waals surface area contributed by atoms with Crippen molar-refractivity contribution in [3.63, 3.8) is 0 Å². The van der Waals surface area contributed by atoms with E-state index in [0.717, 1.165) is 23.3 Å². The van der Waals surface area contributed by atoms with Crippen LogP contribution in [0.25, 0.3) is 10.6 Å². The summed E-state index contributed by atoms with van der Waals surface area (Å²) in [6, 6.07) is 2.04. The van der Waals surface area contributed by atoms with Crippen molar-refractivity contribution < 1.29 is 19.1 Å². The molecule has 10 heteroatoms. The fraction of sp³-hybridized carbons (Fsp3) is 0.522. The number of hydrogen-bond donors (Lipinski definition) is 1. The topological polar surface area (TPSA) is 105 Å². The Kier molecular flexibility index (Phi) is 5.65. The third-order valence-corrected chi connectivity index (χ3v) is 7.62. The summed E-state index contributed by atoms with van der Waals surface area (Å²) in [6.07, 6.45) is 2.27. The number of aryl methyl sites for hydroxylation is 1. The lowest BCUT2D eigenvalue weighted by atomic mass is 10.1. The summed E-state index contributed by atoms with van der Waals surface area (Å²) in [7, 11) is 0. The van der Waals surface area contributed by atoms with E-state index in [0.29, 0.717) is 60.8 Å². The van der Waals surface area contributed by atoms with Crippen LogP contribution in [0.3, 0.4) is 0 Å². The number of thiazole rings is 1. The number of nitrogens with zero attached hydrogens (tertiary/aromatic N) is 4. The first-order valence-electron chi connectivity index (χ1n) is 11.3. The lowest BCUT2D eigenvalue weighted by Crippen LogP contribution is -2.42. The Hall–Kier alpha value is -2.85. The maximum absolute atomic E-state index is 13.5. The van der Waals surface area contributed by atoms with E-state index in [-0.39, 0.29) is 29.5 Å². The number of morpholine rings is 1. The quantitative estimate of drug-likeness (QED) is 0.722. The van der Waals surface area contributed by atoms with Gasteiger partial charge in [0, 0.05) is 32.6 Å². The first-order valence-corrected chi connectivity index (χ1v) is 12.1. The van der Waals surface area contributed by atoms with E-state index < -0.39 is 0 Å². The number of ether oxygens (including phenoxy) is 1. The zero-order valence-corrected chi connectivity index (χ0v) is 19.8. The number of carbonyl (C=O) groups excluding carboxylic acids is 3. The summed E-state index contributed by atoms with van der Waals surface area (Å²) < 4.78 is 5.39. The van der Waals surface area contributed by atoms with Crippen LogP contribution < -0.4 is 5.32 Å². The van der Waals surface area contributed by atoms with Crippen molar-refractivity contribution in [1.82, 2.24) is 19.8 Å². The van der Waals surface area contributed by atoms with Crippen molar-refractivity contribution in [2.75, 3.05) is 31.6 Å². The Labute approximate surface area is 196 Å². The molecular weight excluding hydrogens is 442 g/mol. The van der Waals surface area contributed by atoms with E-state index in [2.05, 4.69) is 17.2 Å². The molecule has 33 heavy (non-hydrogen) atoms. The molecule has 2 aromatic heterocycles. The number of carbonyl (C=O) groups is 3. The molecule has 2 aromatic rings. The first kappa shape index (κ1) is 22.0. The average Bonchev–Trinajstić information content (AvgIpc) is 3.51. The van der Waals surface area contributed by atoms with Crippen LogP contribution in [0.4, 0.5) is 5.13 Å². The van der Waals surface area contributed by atoms with Crippen LogP contribution in [-0.2, 0) is 16.1 Å². The summed E-state index contributed by atoms with van der Waals surface area (Å²) in [5.74, 6) is -0.0244. The minimum absolute atomic E-state index is 0.111. The van der Waals surface area contributed by atoms with Crippen molar-refractivity contribution in [3.8, 4) is 10.6 Å². The highest BCUT2D eigenvalue weighted by Gasteiger charge is 2.41. The maximum atomic E-state index is 13.5. The third-order valence-electron chi connectivity index (χ3n) is 6.53. The Balaban J connectivity index is 1.58. The largest absolute Gasteiger partial charge is 0.378 e. The summed E-state index contributed by atoms with van der Waals surface area (Å²) in [5.41, 5.74) is 2.77. The van der Waals surface area contributed by atoms with Gasteiger partial charge in [-0.05, 0) is 44.2 Å². The van der Waals surface area contributed by atoms with E-state index >= 15 is 0 Å². The molecule has 2 aliphatic heterocycles. The van der Waals surface area contributed by atoms with Crippen LogP contribution in [0, 0.1) is 12.8 Å². The number of fused-ring (bicyclic) bond motifs is 1. The van der Waals surface area contributed by atoms with Gasteiger partial charge < -0.3 is 19.9 Å². The minimum Gasteiger partial charge on any atom is -0.378 e. The van der Waals surface area contributed by atoms with Crippen LogP contribution >= 0.6 is 11.3 Å². The molecule has 2 fully saturated rings. The van der Waals surface area contributed by atoms with Gasteiger partial charge in [0.1, 0.15) is 5.69 Å². The van der Waals surface area contributed by atoms with Gasteiger partial charge in [-0.15, -0.1) is 0 Å². The molecular formula is C23H27N5O4S. The van der Waals surface area contributed by atoms with Crippen LogP contribution in [0.15, 0.2) is 6.07 Å². The van der Waals surface area contributed by atoms with Crippen LogP contribution in [0.1, 0.15) is 58.8 Å². The predicted octanol–water partition coefficient (Wildman–Crippen LogP) is 2.70. The van der Waals surface area contributed by atoms with Crippen LogP contribution in [0.2, 0.25) is 0 Å². The number of nitrogens with one attached hydrogen (secondary N) is 1. The molecule has 4 heterocycles. The van der Waals surface area contributed by atoms with Crippen molar-refractivity contribution in [3.05, 3.63) is 28.6 Å². The van der Waals surface area contributed by atoms with Crippen molar-refractivity contribution in [1.29, 1.82) is 0 Å². The van der Waals surface area contributed by atoms with Gasteiger partial charge in [0.25, 0.3) is 11.8 Å². The fourth-order valence-corrected chi connectivity index (χ4v) is 5.52. The summed E-state index contributed by atoms with van der Waals surface area (Å²) >= 11 is 1.32. The molecule has 1 N–H and O–H groups in total. The Morgan fingerprint density at radius 3 is 2.64 bits per heavy atom. The molecule has 1 saturated carbocycles. The smallest absolute Gasteiger partial charge is 0.273 e. The molecule has 1 aliphatic carbocycles. The highest BCUT2D eigenvalue weighted by atomic mass is 32.1. The van der Waals surface area contributed by atoms with Crippen molar-refractivity contribution in [2.24, 2.45) is 5.92 Å². The number of pyridine rings is 1. The van der Waals surface area contributed by atoms with Gasteiger partial charge >= 0.3 is 0 Å². The van der Waals surface area contributed by atoms with E-state index in [1.54, 1.807) is 4.90 Å². The second-order valence-electron chi connectivity index (χ2n) is 8.92. The van der Waals surface area contributed by atoms with Gasteiger partial charge in [0.2, 0.25) is 5.91 Å². The number of amides is 3. The standard InChI is InChI=1S/C23H27N5O4S/c1-12-20(33-23(24-12)25-14(3)29)17-10-16-11-28(13(2)15-4-5-15)21(30)18(16)19(26-17)22(31)27-6-8-32-9-7-27/h10,13,15H,4-9,11H2,1-3H3,(H,24,25,29)/t13-/m0/s1. The monoisotopic (exact) mass is 469 g/mol. The fourth-order valence-electron chi connectivity index (χ4n) is 4.55. The van der Waals surface area contributed by atoms with Crippen molar-refractivity contribution in [2.45, 2.75) is 46.2 Å². The first-order chi connectivity index (χ1) is 15.8. The lowest BCUT2D eigenvalue weighted by molar-refractivity contribution is -0.114. The number of rotatable bonds is 5. The molecule has 5 rings (SSSR count). The lowest BCUT2D eigenvalue weighted by Gasteiger charge is -2.27. The average molecular weight is 470 g/mol. The highest BCUT2D eigenvalue weighted by Crippen LogP contribution is 2.40. The Morgan fingerprint density at radius 1 is 1.24 bits per heavy atom. The Morgan fingerprint density at radius 2 is 1.97 bits per heavy atom. The second-order valence-corrected chi connectivity index (χ2v) is 9.92. The predicted molar refractivity (Wildman–Crippen MR) is 123 cm³/mol. The molecule has 0 bridgehead atoms. The summed E-state index contributed by atoms with van der Waals surface area (Å²) in [6.45, 7) is 7.74. The van der Waals surface area contributed by atoms with Gasteiger partial charge in [-0.3, -0.25) is 14.4 Å². The highest BCUT2D eigenvalue weighted by molar-refractivity contribution is 7.19. The van der Waals surface area contributed by atoms with E-state index in [1.165, 1.54) is 18.3 Å². The molecule has 174 valence electrons. The molecule has 0 aromatic carbocycles. The van der Waals surface area contributed by atoms with E-state index in [9.17, 15) is 14.4 Å². The molecule has 1 atom stereocenters. The minimum atomic E-state index is -0.241. The summed E-state index contributed by atoms with van der Waals surface area (Å²) in [4.78, 5) is 52.0. The normalized spacial score (nSPS) is 18.9. The second kappa shape index (κ2) is 8.49. The molecule has 3 amide bonds.